The fourth-order valence-corrected chi connectivity index (χ4v) is 5.85. The van der Waals surface area contributed by atoms with E-state index in [-0.39, 0.29) is 0 Å². The minimum absolute atomic E-state index is 0.485. The molecule has 0 rings (SSSR count). The maximum Gasteiger partial charge on any atom is 0.306 e. The Morgan fingerprint density at radius 2 is 0.773 bits per heavy atom. The molecule has 0 aromatic rings. The van der Waals surface area contributed by atoms with E-state index in [9.17, 15) is 29.7 Å². The van der Waals surface area contributed by atoms with Crippen molar-refractivity contribution in [2.45, 2.75) is 163 Å². The molecule has 3 atom stereocenters. The Balaban J connectivity index is 4.45. The number of carboxylic acids is 3. The van der Waals surface area contributed by atoms with Crippen molar-refractivity contribution in [3.8, 4) is 0 Å². The number of allylic oxidation sites excluding steroid dienone is 2. The van der Waals surface area contributed by atoms with E-state index in [1.807, 2.05) is 0 Å². The molecule has 0 radical (unpaired) electrons. The number of unbranched alkanes of at least 4 members (excludes halogenated alkanes) is 16. The summed E-state index contributed by atoms with van der Waals surface area (Å²) in [7, 11) is 0. The molecule has 258 valence electrons. The lowest BCUT2D eigenvalue weighted by Gasteiger charge is -2.40. The normalized spacial score (nSPS) is 15.2. The van der Waals surface area contributed by atoms with Crippen molar-refractivity contribution in [2.24, 2.45) is 17.8 Å². The van der Waals surface area contributed by atoms with Crippen LogP contribution in [0.3, 0.4) is 0 Å². The molecule has 3 N–H and O–H groups in total. The van der Waals surface area contributed by atoms with Crippen molar-refractivity contribution in [1.82, 2.24) is 0 Å². The fourth-order valence-electron chi connectivity index (χ4n) is 5.85. The Labute approximate surface area is 270 Å². The van der Waals surface area contributed by atoms with Crippen molar-refractivity contribution < 1.29 is 34.2 Å². The third-order valence-electron chi connectivity index (χ3n) is 9.52. The molecular formula is C37H70NO6+. The van der Waals surface area contributed by atoms with Gasteiger partial charge in [0.15, 0.2) is 0 Å². The minimum atomic E-state index is -0.827. The van der Waals surface area contributed by atoms with Crippen LogP contribution in [0.1, 0.15) is 163 Å². The minimum Gasteiger partial charge on any atom is -0.481 e. The molecule has 7 nitrogen and oxygen atoms in total. The van der Waals surface area contributed by atoms with Gasteiger partial charge in [0.25, 0.3) is 0 Å². The topological polar surface area (TPSA) is 112 Å². The average Bonchev–Trinajstić information content (AvgIpc) is 2.99. The SMILES string of the molecule is CCCCCCCCCCCCCCC/C=C/CCCCC[N+](CCC(C)C(=O)O)(CCC(C)C(=O)O)CCC(C)C(=O)O. The highest BCUT2D eigenvalue weighted by Crippen LogP contribution is 2.22. The summed E-state index contributed by atoms with van der Waals surface area (Å²) in [5, 5.41) is 28.3. The Morgan fingerprint density at radius 1 is 0.477 bits per heavy atom. The van der Waals surface area contributed by atoms with Crippen LogP contribution in [0, 0.1) is 17.8 Å². The van der Waals surface area contributed by atoms with Crippen LogP contribution in [0.25, 0.3) is 0 Å². The zero-order valence-corrected chi connectivity index (χ0v) is 29.1. The lowest BCUT2D eigenvalue weighted by molar-refractivity contribution is -0.929. The largest absolute Gasteiger partial charge is 0.481 e. The maximum absolute atomic E-state index is 11.5. The summed E-state index contributed by atoms with van der Waals surface area (Å²) in [6.07, 6.45) is 29.4. The molecule has 0 aromatic carbocycles. The van der Waals surface area contributed by atoms with Crippen LogP contribution in [0.5, 0.6) is 0 Å². The fraction of sp³-hybridized carbons (Fsp3) is 0.865. The van der Waals surface area contributed by atoms with Crippen LogP contribution < -0.4 is 0 Å². The summed E-state index contributed by atoms with van der Waals surface area (Å²) in [6.45, 7) is 10.1. The predicted octanol–water partition coefficient (Wildman–Crippen LogP) is 9.73. The van der Waals surface area contributed by atoms with Gasteiger partial charge in [0.05, 0.1) is 43.9 Å². The van der Waals surface area contributed by atoms with Crippen LogP contribution in [0.15, 0.2) is 12.2 Å². The van der Waals surface area contributed by atoms with Gasteiger partial charge >= 0.3 is 17.9 Å². The highest BCUT2D eigenvalue weighted by molar-refractivity contribution is 5.70. The highest BCUT2D eigenvalue weighted by Gasteiger charge is 2.31. The van der Waals surface area contributed by atoms with Crippen LogP contribution in [0.2, 0.25) is 0 Å². The van der Waals surface area contributed by atoms with Crippen LogP contribution in [0.4, 0.5) is 0 Å². The number of carbonyl (C=O) groups is 3. The second kappa shape index (κ2) is 27.4. The average molecular weight is 625 g/mol. The summed E-state index contributed by atoms with van der Waals surface area (Å²) >= 11 is 0. The number of hydrogen-bond acceptors (Lipinski definition) is 3. The summed E-state index contributed by atoms with van der Waals surface area (Å²) in [5.41, 5.74) is 0. The van der Waals surface area contributed by atoms with E-state index < -0.39 is 35.7 Å². The van der Waals surface area contributed by atoms with Crippen LogP contribution in [-0.2, 0) is 14.4 Å². The van der Waals surface area contributed by atoms with E-state index in [1.54, 1.807) is 20.8 Å². The molecule has 44 heavy (non-hydrogen) atoms. The first-order chi connectivity index (χ1) is 21.0. The first-order valence-corrected chi connectivity index (χ1v) is 18.2. The lowest BCUT2D eigenvalue weighted by atomic mass is 10.0. The molecular weight excluding hydrogens is 554 g/mol. The first kappa shape index (κ1) is 42.1. The van der Waals surface area contributed by atoms with Crippen LogP contribution >= 0.6 is 0 Å². The number of nitrogens with zero attached hydrogens (tertiary/aromatic N) is 1. The van der Waals surface area contributed by atoms with E-state index in [0.717, 1.165) is 38.6 Å². The monoisotopic (exact) mass is 625 g/mol. The van der Waals surface area contributed by atoms with E-state index in [4.69, 9.17) is 0 Å². The predicted molar refractivity (Wildman–Crippen MR) is 182 cm³/mol. The van der Waals surface area contributed by atoms with Crippen molar-refractivity contribution in [3.05, 3.63) is 12.2 Å². The quantitative estimate of drug-likeness (QED) is 0.0390. The van der Waals surface area contributed by atoms with E-state index in [0.29, 0.717) is 43.4 Å². The molecule has 0 aliphatic rings. The number of quaternary nitrogens is 1. The smallest absolute Gasteiger partial charge is 0.306 e. The molecule has 0 saturated carbocycles. The number of rotatable bonds is 32. The third kappa shape index (κ3) is 23.5. The van der Waals surface area contributed by atoms with Gasteiger partial charge in [0, 0.05) is 19.3 Å². The zero-order chi connectivity index (χ0) is 33.1. The Kier molecular flexibility index (Phi) is 26.2. The highest BCUT2D eigenvalue weighted by atomic mass is 16.4. The van der Waals surface area contributed by atoms with E-state index in [2.05, 4.69) is 19.1 Å². The summed E-state index contributed by atoms with van der Waals surface area (Å²) in [6, 6.07) is 0. The Bertz CT molecular complexity index is 707. The molecule has 0 amide bonds. The Morgan fingerprint density at radius 3 is 1.09 bits per heavy atom. The third-order valence-corrected chi connectivity index (χ3v) is 9.52. The van der Waals surface area contributed by atoms with Gasteiger partial charge in [-0.05, 0) is 38.5 Å². The van der Waals surface area contributed by atoms with E-state index >= 15 is 0 Å². The molecule has 0 fully saturated rings. The molecule has 7 heteroatoms. The number of hydrogen-bond donors (Lipinski definition) is 3. The van der Waals surface area contributed by atoms with Gasteiger partial charge in [-0.15, -0.1) is 0 Å². The molecule has 0 bridgehead atoms. The van der Waals surface area contributed by atoms with Crippen molar-refractivity contribution in [1.29, 1.82) is 0 Å². The van der Waals surface area contributed by atoms with Crippen LogP contribution in [-0.4, -0.2) is 63.9 Å². The van der Waals surface area contributed by atoms with Gasteiger partial charge < -0.3 is 19.8 Å². The zero-order valence-electron chi connectivity index (χ0n) is 29.1. The molecule has 0 aromatic heterocycles. The van der Waals surface area contributed by atoms with Gasteiger partial charge in [-0.3, -0.25) is 14.4 Å². The summed E-state index contributed by atoms with van der Waals surface area (Å²) < 4.78 is 0.599. The molecule has 3 unspecified atom stereocenters. The molecule has 0 saturated heterocycles. The van der Waals surface area contributed by atoms with Crippen molar-refractivity contribution in [3.63, 3.8) is 0 Å². The van der Waals surface area contributed by atoms with Crippen molar-refractivity contribution >= 4 is 17.9 Å². The second-order valence-electron chi connectivity index (χ2n) is 13.7. The number of carboxylic acid groups (broad SMARTS) is 3. The van der Waals surface area contributed by atoms with Gasteiger partial charge in [0.2, 0.25) is 0 Å². The Hall–Kier alpha value is -1.89. The molecule has 0 aliphatic heterocycles. The van der Waals surface area contributed by atoms with Gasteiger partial charge in [-0.25, -0.2) is 0 Å². The van der Waals surface area contributed by atoms with Gasteiger partial charge in [-0.1, -0.05) is 117 Å². The van der Waals surface area contributed by atoms with Gasteiger partial charge in [-0.2, -0.15) is 0 Å². The lowest BCUT2D eigenvalue weighted by Crippen LogP contribution is -2.52. The number of aliphatic carboxylic acids is 3. The standard InChI is InChI=1S/C37H69NO6/c1-5-6-7-8-9-10-11-12-13-14-15-16-17-18-19-20-21-22-23-24-28-38(29-25-32(2)35(39)40,30-26-33(3)36(41)42)31-27-34(4)37(43)44/h19-20,32-34H,5-18,21-31H2,1-4H3,(H2-,39,40,41,42,43,44)/p+1/b20-19+. The second-order valence-corrected chi connectivity index (χ2v) is 13.7. The maximum atomic E-state index is 11.5. The van der Waals surface area contributed by atoms with Gasteiger partial charge in [0.1, 0.15) is 0 Å². The summed E-state index contributed by atoms with van der Waals surface area (Å²) in [4.78, 5) is 34.5. The summed E-state index contributed by atoms with van der Waals surface area (Å²) in [5.74, 6) is -3.94. The van der Waals surface area contributed by atoms with E-state index in [1.165, 1.54) is 83.5 Å². The molecule has 0 aliphatic carbocycles. The first-order valence-electron chi connectivity index (χ1n) is 18.2. The van der Waals surface area contributed by atoms with Crippen molar-refractivity contribution in [2.75, 3.05) is 26.2 Å². The molecule has 0 heterocycles. The molecule has 0 spiro atoms.